The monoisotopic (exact) mass is 342 g/mol. The number of benzene rings is 1. The minimum absolute atomic E-state index is 0.00817. The highest BCUT2D eigenvalue weighted by molar-refractivity contribution is 5.94. The molecule has 2 saturated heterocycles. The maximum absolute atomic E-state index is 13.0. The molecular formula is C18H22N4O3. The van der Waals surface area contributed by atoms with Crippen molar-refractivity contribution in [3.8, 4) is 5.69 Å². The quantitative estimate of drug-likeness (QED) is 0.830. The molecule has 0 N–H and O–H groups in total. The first-order valence-electron chi connectivity index (χ1n) is 8.67. The molecule has 7 heteroatoms. The number of carbonyl (C=O) groups is 1. The van der Waals surface area contributed by atoms with Gasteiger partial charge in [0.05, 0.1) is 37.3 Å². The van der Waals surface area contributed by atoms with Gasteiger partial charge in [-0.1, -0.05) is 5.21 Å². The van der Waals surface area contributed by atoms with Crippen LogP contribution in [0.4, 0.5) is 0 Å². The summed E-state index contributed by atoms with van der Waals surface area (Å²) in [6, 6.07) is 7.43. The molecule has 2 aliphatic heterocycles. The second-order valence-electron chi connectivity index (χ2n) is 6.85. The molecule has 2 unspecified atom stereocenters. The summed E-state index contributed by atoms with van der Waals surface area (Å²) >= 11 is 0. The first-order chi connectivity index (χ1) is 12.2. The average Bonchev–Trinajstić information content (AvgIpc) is 3.16. The van der Waals surface area contributed by atoms with Crippen molar-refractivity contribution in [2.75, 3.05) is 26.3 Å². The van der Waals surface area contributed by atoms with Crippen LogP contribution < -0.4 is 0 Å². The Balaban J connectivity index is 1.51. The summed E-state index contributed by atoms with van der Waals surface area (Å²) in [5, 5.41) is 7.76. The Morgan fingerprint density at radius 3 is 2.84 bits per heavy atom. The summed E-state index contributed by atoms with van der Waals surface area (Å²) in [6.07, 6.45) is 5.31. The fourth-order valence-electron chi connectivity index (χ4n) is 3.71. The highest BCUT2D eigenvalue weighted by Gasteiger charge is 2.42. The van der Waals surface area contributed by atoms with Gasteiger partial charge in [0.1, 0.15) is 5.60 Å². The van der Waals surface area contributed by atoms with Gasteiger partial charge in [-0.05, 0) is 44.0 Å². The van der Waals surface area contributed by atoms with E-state index in [9.17, 15) is 4.79 Å². The number of aromatic nitrogens is 3. The molecular weight excluding hydrogens is 320 g/mol. The van der Waals surface area contributed by atoms with Gasteiger partial charge in [0.2, 0.25) is 0 Å². The third-order valence-electron chi connectivity index (χ3n) is 4.78. The molecule has 0 aliphatic carbocycles. The van der Waals surface area contributed by atoms with Crippen molar-refractivity contribution in [2.24, 2.45) is 0 Å². The fraction of sp³-hybridized carbons (Fsp3) is 0.500. The van der Waals surface area contributed by atoms with Crippen LogP contribution in [-0.2, 0) is 9.47 Å². The lowest BCUT2D eigenvalue weighted by Gasteiger charge is -2.47. The van der Waals surface area contributed by atoms with Crippen LogP contribution >= 0.6 is 0 Å². The van der Waals surface area contributed by atoms with Crippen molar-refractivity contribution >= 4 is 5.91 Å². The number of nitrogens with zero attached hydrogens (tertiary/aromatic N) is 4. The highest BCUT2D eigenvalue weighted by atomic mass is 16.6. The Morgan fingerprint density at radius 1 is 1.32 bits per heavy atom. The van der Waals surface area contributed by atoms with Gasteiger partial charge in [0.25, 0.3) is 5.91 Å². The number of ether oxygens (including phenoxy) is 2. The highest BCUT2D eigenvalue weighted by Crippen LogP contribution is 2.30. The Morgan fingerprint density at radius 2 is 2.16 bits per heavy atom. The van der Waals surface area contributed by atoms with Crippen molar-refractivity contribution in [3.63, 3.8) is 0 Å². The van der Waals surface area contributed by atoms with Crippen molar-refractivity contribution in [1.82, 2.24) is 19.9 Å². The molecule has 132 valence electrons. The zero-order chi connectivity index (χ0) is 17.3. The van der Waals surface area contributed by atoms with E-state index in [1.165, 1.54) is 0 Å². The van der Waals surface area contributed by atoms with Crippen molar-refractivity contribution in [1.29, 1.82) is 0 Å². The van der Waals surface area contributed by atoms with Crippen LogP contribution in [0.1, 0.15) is 30.1 Å². The number of carbonyl (C=O) groups excluding carboxylic acids is 1. The lowest BCUT2D eigenvalue weighted by molar-refractivity contribution is -0.188. The second kappa shape index (κ2) is 6.57. The topological polar surface area (TPSA) is 69.5 Å². The van der Waals surface area contributed by atoms with Gasteiger partial charge in [0, 0.05) is 18.7 Å². The van der Waals surface area contributed by atoms with Crippen molar-refractivity contribution in [2.45, 2.75) is 31.5 Å². The van der Waals surface area contributed by atoms with Crippen LogP contribution in [0.25, 0.3) is 5.69 Å². The van der Waals surface area contributed by atoms with Crippen LogP contribution in [-0.4, -0.2) is 63.8 Å². The van der Waals surface area contributed by atoms with Crippen LogP contribution in [0.3, 0.4) is 0 Å². The molecule has 3 heterocycles. The maximum Gasteiger partial charge on any atom is 0.254 e. The number of morpholine rings is 1. The summed E-state index contributed by atoms with van der Waals surface area (Å²) in [6.45, 7) is 4.54. The van der Waals surface area contributed by atoms with Gasteiger partial charge in [0.15, 0.2) is 0 Å². The minimum atomic E-state index is -0.355. The zero-order valence-electron chi connectivity index (χ0n) is 14.3. The first-order valence-corrected chi connectivity index (χ1v) is 8.67. The Hall–Kier alpha value is -2.25. The summed E-state index contributed by atoms with van der Waals surface area (Å²) in [4.78, 5) is 14.9. The number of hydrogen-bond acceptors (Lipinski definition) is 5. The van der Waals surface area contributed by atoms with E-state index in [2.05, 4.69) is 10.3 Å². The molecule has 1 aromatic heterocycles. The molecule has 1 aromatic carbocycles. The van der Waals surface area contributed by atoms with E-state index in [4.69, 9.17) is 9.47 Å². The van der Waals surface area contributed by atoms with E-state index in [0.29, 0.717) is 25.3 Å². The number of hydrogen-bond donors (Lipinski definition) is 0. The molecule has 0 saturated carbocycles. The molecule has 2 aliphatic rings. The van der Waals surface area contributed by atoms with E-state index in [1.54, 1.807) is 17.1 Å². The zero-order valence-corrected chi connectivity index (χ0v) is 14.3. The smallest absolute Gasteiger partial charge is 0.254 e. The maximum atomic E-state index is 13.0. The SMILES string of the molecule is CC1CN(C(=O)c2ccc(-n3ccnn3)cc2)CC2(CCCOC2)O1. The van der Waals surface area contributed by atoms with Crippen LogP contribution in [0, 0.1) is 0 Å². The molecule has 0 radical (unpaired) electrons. The molecule has 7 nitrogen and oxygen atoms in total. The number of rotatable bonds is 2. The molecule has 1 amide bonds. The third kappa shape index (κ3) is 3.29. The lowest BCUT2D eigenvalue weighted by atomic mass is 9.93. The van der Waals surface area contributed by atoms with Crippen LogP contribution in [0.15, 0.2) is 36.7 Å². The minimum Gasteiger partial charge on any atom is -0.378 e. The van der Waals surface area contributed by atoms with E-state index in [-0.39, 0.29) is 17.6 Å². The summed E-state index contributed by atoms with van der Waals surface area (Å²) < 4.78 is 13.5. The van der Waals surface area contributed by atoms with E-state index in [0.717, 1.165) is 25.1 Å². The third-order valence-corrected chi connectivity index (χ3v) is 4.78. The average molecular weight is 342 g/mol. The molecule has 2 aromatic rings. The van der Waals surface area contributed by atoms with E-state index in [1.807, 2.05) is 36.1 Å². The predicted molar refractivity (Wildman–Crippen MR) is 90.6 cm³/mol. The lowest BCUT2D eigenvalue weighted by Crippen LogP contribution is -2.59. The van der Waals surface area contributed by atoms with Crippen molar-refractivity contribution < 1.29 is 14.3 Å². The molecule has 2 atom stereocenters. The predicted octanol–water partition coefficient (Wildman–Crippen LogP) is 1.68. The molecule has 4 rings (SSSR count). The van der Waals surface area contributed by atoms with Crippen molar-refractivity contribution in [3.05, 3.63) is 42.2 Å². The van der Waals surface area contributed by atoms with Crippen LogP contribution in [0.5, 0.6) is 0 Å². The van der Waals surface area contributed by atoms with Gasteiger partial charge in [-0.2, -0.15) is 0 Å². The van der Waals surface area contributed by atoms with Gasteiger partial charge in [-0.15, -0.1) is 5.10 Å². The van der Waals surface area contributed by atoms with Gasteiger partial charge in [-0.3, -0.25) is 4.79 Å². The van der Waals surface area contributed by atoms with E-state index < -0.39 is 0 Å². The normalized spacial score (nSPS) is 26.8. The molecule has 25 heavy (non-hydrogen) atoms. The fourth-order valence-corrected chi connectivity index (χ4v) is 3.71. The molecule has 0 bridgehead atoms. The number of amides is 1. The van der Waals surface area contributed by atoms with Gasteiger partial charge in [-0.25, -0.2) is 4.68 Å². The first kappa shape index (κ1) is 16.2. The second-order valence-corrected chi connectivity index (χ2v) is 6.85. The molecule has 1 spiro atoms. The molecule has 2 fully saturated rings. The summed E-state index contributed by atoms with van der Waals surface area (Å²) in [5.74, 6) is 0.0326. The Labute approximate surface area is 146 Å². The van der Waals surface area contributed by atoms with E-state index >= 15 is 0 Å². The summed E-state index contributed by atoms with van der Waals surface area (Å²) in [7, 11) is 0. The standard InChI is InChI=1S/C18H22N4O3/c1-14-11-21(12-18(25-14)7-2-10-24-13-18)17(23)15-3-5-16(6-4-15)22-9-8-19-20-22/h3-6,8-9,14H,2,7,10-13H2,1H3. The summed E-state index contributed by atoms with van der Waals surface area (Å²) in [5.41, 5.74) is 1.19. The largest absolute Gasteiger partial charge is 0.378 e. The van der Waals surface area contributed by atoms with Gasteiger partial charge >= 0.3 is 0 Å². The Kier molecular flexibility index (Phi) is 4.27. The van der Waals surface area contributed by atoms with Crippen LogP contribution in [0.2, 0.25) is 0 Å². The van der Waals surface area contributed by atoms with Gasteiger partial charge < -0.3 is 14.4 Å². The Bertz CT molecular complexity index is 723.